The normalized spacial score (nSPS) is 13.5. The van der Waals surface area contributed by atoms with Crippen LogP contribution in [0.5, 0.6) is 11.5 Å². The van der Waals surface area contributed by atoms with E-state index in [1.165, 1.54) is 4.90 Å². The molecule has 0 unspecified atom stereocenters. The van der Waals surface area contributed by atoms with Gasteiger partial charge in [-0.1, -0.05) is 48.5 Å². The highest BCUT2D eigenvalue weighted by Gasteiger charge is 2.39. The third-order valence-electron chi connectivity index (χ3n) is 6.08. The third kappa shape index (κ3) is 4.53. The van der Waals surface area contributed by atoms with Gasteiger partial charge in [0.2, 0.25) is 0 Å². The molecule has 0 bridgehead atoms. The predicted octanol–water partition coefficient (Wildman–Crippen LogP) is 4.76. The lowest BCUT2D eigenvalue weighted by Crippen LogP contribution is -2.34. The Bertz CT molecular complexity index is 1260. The van der Waals surface area contributed by atoms with Gasteiger partial charge >= 0.3 is 0 Å². The molecular weight excluding hydrogens is 428 g/mol. The van der Waals surface area contributed by atoms with Crippen LogP contribution in [-0.2, 0) is 16.0 Å². The van der Waals surface area contributed by atoms with Gasteiger partial charge in [0.05, 0.1) is 19.8 Å². The second kappa shape index (κ2) is 9.83. The van der Waals surface area contributed by atoms with E-state index < -0.39 is 0 Å². The maximum atomic E-state index is 13.5. The van der Waals surface area contributed by atoms with Crippen molar-refractivity contribution in [3.8, 4) is 11.5 Å². The molecule has 0 saturated heterocycles. The Hall–Kier alpha value is -4.06. The van der Waals surface area contributed by atoms with E-state index in [0.29, 0.717) is 41.3 Å². The topological polar surface area (TPSA) is 67.9 Å². The van der Waals surface area contributed by atoms with E-state index in [2.05, 4.69) is 5.32 Å². The first kappa shape index (κ1) is 23.1. The van der Waals surface area contributed by atoms with E-state index >= 15 is 0 Å². The number of carbonyl (C=O) groups is 2. The fourth-order valence-electron chi connectivity index (χ4n) is 4.00. The molecule has 34 heavy (non-hydrogen) atoms. The Balaban J connectivity index is 1.71. The minimum atomic E-state index is -0.344. The number of nitrogens with one attached hydrogen (secondary N) is 1. The number of anilines is 1. The quantitative estimate of drug-likeness (QED) is 0.495. The van der Waals surface area contributed by atoms with E-state index in [9.17, 15) is 9.59 Å². The van der Waals surface area contributed by atoms with E-state index in [4.69, 9.17) is 9.47 Å². The van der Waals surface area contributed by atoms with Crippen molar-refractivity contribution < 1.29 is 19.1 Å². The highest BCUT2D eigenvalue weighted by Crippen LogP contribution is 2.34. The monoisotopic (exact) mass is 456 g/mol. The molecule has 1 aliphatic rings. The number of rotatable bonds is 8. The summed E-state index contributed by atoms with van der Waals surface area (Å²) in [6, 6.07) is 20.9. The molecule has 4 rings (SSSR count). The van der Waals surface area contributed by atoms with Crippen molar-refractivity contribution in [1.82, 2.24) is 4.90 Å². The molecule has 3 aromatic carbocycles. The van der Waals surface area contributed by atoms with Crippen molar-refractivity contribution in [2.75, 3.05) is 26.1 Å². The molecule has 0 radical (unpaired) electrons. The fraction of sp³-hybridized carbons (Fsp3) is 0.214. The van der Waals surface area contributed by atoms with Gasteiger partial charge in [-0.3, -0.25) is 14.5 Å². The van der Waals surface area contributed by atoms with E-state index in [1.54, 1.807) is 32.4 Å². The smallest absolute Gasteiger partial charge is 0.278 e. The zero-order valence-electron chi connectivity index (χ0n) is 19.8. The van der Waals surface area contributed by atoms with Crippen LogP contribution in [0.3, 0.4) is 0 Å². The zero-order valence-corrected chi connectivity index (χ0v) is 19.8. The van der Waals surface area contributed by atoms with E-state index in [-0.39, 0.29) is 17.5 Å². The number of benzene rings is 3. The largest absolute Gasteiger partial charge is 0.493 e. The average Bonchev–Trinajstić information content (AvgIpc) is 3.08. The van der Waals surface area contributed by atoms with E-state index in [1.807, 2.05) is 62.4 Å². The second-order valence-electron chi connectivity index (χ2n) is 8.24. The number of nitrogens with zero attached hydrogens (tertiary/aromatic N) is 1. The van der Waals surface area contributed by atoms with Crippen LogP contribution >= 0.6 is 0 Å². The molecule has 6 nitrogen and oxygen atoms in total. The first-order valence-corrected chi connectivity index (χ1v) is 11.1. The molecule has 2 amide bonds. The molecule has 0 atom stereocenters. The Kier molecular flexibility index (Phi) is 6.68. The lowest BCUT2D eigenvalue weighted by molar-refractivity contribution is -0.136. The number of ether oxygens (including phenoxy) is 2. The summed E-state index contributed by atoms with van der Waals surface area (Å²) in [5.41, 5.74) is 5.21. The minimum Gasteiger partial charge on any atom is -0.493 e. The second-order valence-corrected chi connectivity index (χ2v) is 8.24. The van der Waals surface area contributed by atoms with Gasteiger partial charge in [-0.2, -0.15) is 0 Å². The maximum absolute atomic E-state index is 13.5. The summed E-state index contributed by atoms with van der Waals surface area (Å²) < 4.78 is 10.7. The van der Waals surface area contributed by atoms with Crippen LogP contribution in [0, 0.1) is 13.8 Å². The van der Waals surface area contributed by atoms with Crippen molar-refractivity contribution in [3.63, 3.8) is 0 Å². The summed E-state index contributed by atoms with van der Waals surface area (Å²) in [5.74, 6) is 0.462. The number of amides is 2. The number of hydrogen-bond acceptors (Lipinski definition) is 5. The van der Waals surface area contributed by atoms with Gasteiger partial charge < -0.3 is 14.8 Å². The van der Waals surface area contributed by atoms with Gasteiger partial charge in [-0.15, -0.1) is 0 Å². The standard InChI is InChI=1S/C28H28N2O4/c1-18-10-11-21(16-19(18)2)25-26(29-22-12-13-23(33-3)24(17-22)34-4)28(32)30(27(25)31)15-14-20-8-6-5-7-9-20/h5-13,16-17,29H,14-15H2,1-4H3. The molecule has 0 aliphatic carbocycles. The van der Waals surface area contributed by atoms with Crippen molar-refractivity contribution in [2.24, 2.45) is 0 Å². The van der Waals surface area contributed by atoms with Crippen LogP contribution < -0.4 is 14.8 Å². The molecule has 6 heteroatoms. The molecule has 1 aliphatic heterocycles. The van der Waals surface area contributed by atoms with Crippen LogP contribution in [0.2, 0.25) is 0 Å². The molecule has 3 aromatic rings. The molecule has 1 N–H and O–H groups in total. The van der Waals surface area contributed by atoms with Crippen molar-refractivity contribution >= 4 is 23.1 Å². The van der Waals surface area contributed by atoms with Gasteiger partial charge in [-0.25, -0.2) is 0 Å². The lowest BCUT2D eigenvalue weighted by Gasteiger charge is -2.16. The van der Waals surface area contributed by atoms with Gasteiger partial charge in [0.15, 0.2) is 11.5 Å². The Labute approximate surface area is 199 Å². The number of aryl methyl sites for hydroxylation is 2. The first-order valence-electron chi connectivity index (χ1n) is 11.1. The summed E-state index contributed by atoms with van der Waals surface area (Å²) in [7, 11) is 3.12. The van der Waals surface area contributed by atoms with Crippen LogP contribution in [0.4, 0.5) is 5.69 Å². The highest BCUT2D eigenvalue weighted by atomic mass is 16.5. The van der Waals surface area contributed by atoms with Crippen molar-refractivity contribution in [1.29, 1.82) is 0 Å². The summed E-state index contributed by atoms with van der Waals surface area (Å²) in [5, 5.41) is 3.19. The number of carbonyl (C=O) groups excluding carboxylic acids is 2. The lowest BCUT2D eigenvalue weighted by atomic mass is 9.99. The van der Waals surface area contributed by atoms with Gasteiger partial charge in [-0.05, 0) is 54.7 Å². The summed E-state index contributed by atoms with van der Waals surface area (Å²) in [6.45, 7) is 4.31. The fourth-order valence-corrected chi connectivity index (χ4v) is 4.00. The minimum absolute atomic E-state index is 0.258. The molecule has 0 spiro atoms. The summed E-state index contributed by atoms with van der Waals surface area (Å²) >= 11 is 0. The Morgan fingerprint density at radius 1 is 0.794 bits per heavy atom. The van der Waals surface area contributed by atoms with Gasteiger partial charge in [0.25, 0.3) is 11.8 Å². The Morgan fingerprint density at radius 3 is 2.21 bits per heavy atom. The molecule has 1 heterocycles. The first-order chi connectivity index (χ1) is 16.4. The van der Waals surface area contributed by atoms with Crippen molar-refractivity contribution in [3.05, 3.63) is 94.7 Å². The summed E-state index contributed by atoms with van der Waals surface area (Å²) in [6.07, 6.45) is 0.585. The molecule has 174 valence electrons. The van der Waals surface area contributed by atoms with Crippen LogP contribution in [0.25, 0.3) is 5.57 Å². The van der Waals surface area contributed by atoms with Gasteiger partial charge in [0.1, 0.15) is 5.70 Å². The highest BCUT2D eigenvalue weighted by molar-refractivity contribution is 6.36. The number of methoxy groups -OCH3 is 2. The van der Waals surface area contributed by atoms with E-state index in [0.717, 1.165) is 16.7 Å². The molecule has 0 saturated carbocycles. The zero-order chi connectivity index (χ0) is 24.2. The SMILES string of the molecule is COc1ccc(NC2=C(c3ccc(C)c(C)c3)C(=O)N(CCc3ccccc3)C2=O)cc1OC. The number of imide groups is 1. The third-order valence-corrected chi connectivity index (χ3v) is 6.08. The van der Waals surface area contributed by atoms with Crippen LogP contribution in [0.15, 0.2) is 72.4 Å². The van der Waals surface area contributed by atoms with Crippen molar-refractivity contribution in [2.45, 2.75) is 20.3 Å². The summed E-state index contributed by atoms with van der Waals surface area (Å²) in [4.78, 5) is 28.3. The maximum Gasteiger partial charge on any atom is 0.278 e. The number of hydrogen-bond donors (Lipinski definition) is 1. The molecule has 0 aromatic heterocycles. The molecular formula is C28H28N2O4. The predicted molar refractivity (Wildman–Crippen MR) is 133 cm³/mol. The van der Waals surface area contributed by atoms with Gasteiger partial charge in [0, 0.05) is 18.3 Å². The van der Waals surface area contributed by atoms with Crippen LogP contribution in [-0.4, -0.2) is 37.5 Å². The average molecular weight is 457 g/mol. The van der Waals surface area contributed by atoms with Crippen LogP contribution in [0.1, 0.15) is 22.3 Å². The Morgan fingerprint density at radius 2 is 1.53 bits per heavy atom. The molecule has 0 fully saturated rings.